The predicted octanol–water partition coefficient (Wildman–Crippen LogP) is 6.31. The molecule has 2 aromatic rings. The minimum atomic E-state index is -0.254. The molecule has 0 unspecified atom stereocenters. The zero-order valence-electron chi connectivity index (χ0n) is 24.8. The maximum atomic E-state index is 13.9. The second-order valence-corrected chi connectivity index (χ2v) is 11.5. The lowest BCUT2D eigenvalue weighted by atomic mass is 9.96. The van der Waals surface area contributed by atoms with Crippen LogP contribution in [0.2, 0.25) is 0 Å². The molecule has 3 rings (SSSR count). The number of piperazine rings is 1. The number of aromatic nitrogens is 2. The number of benzene rings is 1. The van der Waals surface area contributed by atoms with Gasteiger partial charge in [-0.2, -0.15) is 5.10 Å². The lowest BCUT2D eigenvalue weighted by Gasteiger charge is -2.39. The Kier molecular flexibility index (Phi) is 11.2. The average Bonchev–Trinajstić information content (AvgIpc) is 3.26. The summed E-state index contributed by atoms with van der Waals surface area (Å²) < 4.78 is 15.8. The number of hydrogen-bond acceptors (Lipinski definition) is 4. The SMILES string of the molecule is CCCC[C@@H](CC)C(=O)N(Cc1c(CC)nn(-c2ccc(F)cc2)c1N1CCN(C(C)C)CC1)CC(C)C. The van der Waals surface area contributed by atoms with Crippen molar-refractivity contribution in [3.05, 3.63) is 41.3 Å². The van der Waals surface area contributed by atoms with Crippen molar-refractivity contribution in [3.8, 4) is 5.69 Å². The van der Waals surface area contributed by atoms with Crippen molar-refractivity contribution < 1.29 is 9.18 Å². The molecule has 0 N–H and O–H groups in total. The number of carbonyl (C=O) groups is 1. The lowest BCUT2D eigenvalue weighted by molar-refractivity contribution is -0.137. The molecule has 7 heteroatoms. The minimum absolute atomic E-state index is 0.0592. The number of unbranched alkanes of at least 4 members (excludes halogenated alkanes) is 1. The van der Waals surface area contributed by atoms with Crippen molar-refractivity contribution in [2.24, 2.45) is 11.8 Å². The van der Waals surface area contributed by atoms with Gasteiger partial charge in [0.05, 0.1) is 17.9 Å². The molecule has 2 heterocycles. The molecule has 1 aliphatic heterocycles. The number of nitrogens with zero attached hydrogens (tertiary/aromatic N) is 5. The van der Waals surface area contributed by atoms with E-state index in [1.54, 1.807) is 12.1 Å². The number of amides is 1. The first-order valence-electron chi connectivity index (χ1n) is 14.8. The molecule has 0 radical (unpaired) electrons. The van der Waals surface area contributed by atoms with Crippen molar-refractivity contribution in [2.45, 2.75) is 93.2 Å². The Hall–Kier alpha value is -2.41. The fourth-order valence-corrected chi connectivity index (χ4v) is 5.54. The summed E-state index contributed by atoms with van der Waals surface area (Å²) in [5.74, 6) is 1.50. The van der Waals surface area contributed by atoms with Gasteiger partial charge in [0.15, 0.2) is 0 Å². The summed E-state index contributed by atoms with van der Waals surface area (Å²) in [6.45, 7) is 20.4. The Bertz CT molecular complexity index is 1010. The van der Waals surface area contributed by atoms with Crippen LogP contribution in [-0.4, -0.2) is 64.3 Å². The van der Waals surface area contributed by atoms with Crippen LogP contribution >= 0.6 is 0 Å². The van der Waals surface area contributed by atoms with Crippen LogP contribution in [0.1, 0.15) is 85.4 Å². The largest absolute Gasteiger partial charge is 0.354 e. The fraction of sp³-hybridized carbons (Fsp3) is 0.677. The summed E-state index contributed by atoms with van der Waals surface area (Å²) in [7, 11) is 0. The van der Waals surface area contributed by atoms with E-state index >= 15 is 0 Å². The highest BCUT2D eigenvalue weighted by Crippen LogP contribution is 2.32. The van der Waals surface area contributed by atoms with Gasteiger partial charge in [0.1, 0.15) is 11.6 Å². The Labute approximate surface area is 230 Å². The maximum absolute atomic E-state index is 13.9. The highest BCUT2D eigenvalue weighted by atomic mass is 19.1. The van der Waals surface area contributed by atoms with E-state index in [2.05, 4.69) is 63.2 Å². The van der Waals surface area contributed by atoms with Crippen LogP contribution in [0.5, 0.6) is 0 Å². The van der Waals surface area contributed by atoms with Gasteiger partial charge >= 0.3 is 0 Å². The van der Waals surface area contributed by atoms with Crippen LogP contribution in [0, 0.1) is 17.7 Å². The van der Waals surface area contributed by atoms with Crippen LogP contribution < -0.4 is 4.90 Å². The molecule has 6 nitrogen and oxygen atoms in total. The monoisotopic (exact) mass is 527 g/mol. The van der Waals surface area contributed by atoms with E-state index in [0.29, 0.717) is 18.5 Å². The minimum Gasteiger partial charge on any atom is -0.354 e. The standard InChI is InChI=1S/C31H50FN5O/c1-8-11-12-25(9-2)31(38)36(21-23(4)5)22-28-29(10-3)33-37(27-15-13-26(32)14-16-27)30(28)35-19-17-34(18-20-35)24(6)7/h13-16,23-25H,8-12,17-22H2,1-7H3/t25-/m1/s1. The molecule has 1 amide bonds. The highest BCUT2D eigenvalue weighted by Gasteiger charge is 2.30. The molecule has 0 bridgehead atoms. The third kappa shape index (κ3) is 7.37. The number of halogens is 1. The molecule has 1 aromatic heterocycles. The van der Waals surface area contributed by atoms with Crippen LogP contribution in [0.4, 0.5) is 10.2 Å². The van der Waals surface area contributed by atoms with E-state index in [-0.39, 0.29) is 17.6 Å². The van der Waals surface area contributed by atoms with Crippen molar-refractivity contribution in [3.63, 3.8) is 0 Å². The van der Waals surface area contributed by atoms with E-state index < -0.39 is 0 Å². The first-order chi connectivity index (χ1) is 18.2. The van der Waals surface area contributed by atoms with Gasteiger partial charge in [-0.15, -0.1) is 0 Å². The quantitative estimate of drug-likeness (QED) is 0.306. The third-order valence-electron chi connectivity index (χ3n) is 7.78. The van der Waals surface area contributed by atoms with Gasteiger partial charge in [-0.25, -0.2) is 9.07 Å². The molecule has 1 saturated heterocycles. The molecule has 212 valence electrons. The maximum Gasteiger partial charge on any atom is 0.225 e. The zero-order chi connectivity index (χ0) is 27.8. The molecule has 0 saturated carbocycles. The predicted molar refractivity (Wildman–Crippen MR) is 155 cm³/mol. The first-order valence-corrected chi connectivity index (χ1v) is 14.8. The summed E-state index contributed by atoms with van der Waals surface area (Å²) in [6.07, 6.45) is 4.77. The average molecular weight is 528 g/mol. The zero-order valence-corrected chi connectivity index (χ0v) is 24.8. The molecule has 0 spiro atoms. The van der Waals surface area contributed by atoms with E-state index in [9.17, 15) is 9.18 Å². The van der Waals surface area contributed by atoms with Crippen molar-refractivity contribution in [1.29, 1.82) is 0 Å². The molecule has 1 aliphatic rings. The number of hydrogen-bond donors (Lipinski definition) is 0. The van der Waals surface area contributed by atoms with Crippen molar-refractivity contribution in [1.82, 2.24) is 19.6 Å². The Morgan fingerprint density at radius 3 is 2.21 bits per heavy atom. The summed E-state index contributed by atoms with van der Waals surface area (Å²) in [5, 5.41) is 5.07. The van der Waals surface area contributed by atoms with Crippen molar-refractivity contribution in [2.75, 3.05) is 37.6 Å². The normalized spacial score (nSPS) is 15.5. The van der Waals surface area contributed by atoms with E-state index in [4.69, 9.17) is 5.10 Å². The molecule has 1 fully saturated rings. The van der Waals surface area contributed by atoms with E-state index in [1.807, 2.05) is 4.68 Å². The van der Waals surface area contributed by atoms with Crippen LogP contribution in [0.15, 0.2) is 24.3 Å². The summed E-state index contributed by atoms with van der Waals surface area (Å²) in [4.78, 5) is 20.9. The van der Waals surface area contributed by atoms with Gasteiger partial charge in [-0.1, -0.05) is 47.5 Å². The Morgan fingerprint density at radius 2 is 1.68 bits per heavy atom. The molecule has 38 heavy (non-hydrogen) atoms. The Morgan fingerprint density at radius 1 is 1.03 bits per heavy atom. The lowest BCUT2D eigenvalue weighted by Crippen LogP contribution is -2.49. The summed E-state index contributed by atoms with van der Waals surface area (Å²) >= 11 is 0. The summed E-state index contributed by atoms with van der Waals surface area (Å²) in [5.41, 5.74) is 3.00. The second kappa shape index (κ2) is 14.1. The van der Waals surface area contributed by atoms with Crippen LogP contribution in [0.25, 0.3) is 5.69 Å². The van der Waals surface area contributed by atoms with Gasteiger partial charge in [0.25, 0.3) is 0 Å². The Balaban J connectivity index is 2.06. The van der Waals surface area contributed by atoms with Gasteiger partial charge < -0.3 is 9.80 Å². The number of rotatable bonds is 13. The molecule has 0 aliphatic carbocycles. The molecule has 1 aromatic carbocycles. The van der Waals surface area contributed by atoms with Gasteiger partial charge in [-0.3, -0.25) is 9.69 Å². The van der Waals surface area contributed by atoms with Gasteiger partial charge in [0.2, 0.25) is 5.91 Å². The second-order valence-electron chi connectivity index (χ2n) is 11.5. The fourth-order valence-electron chi connectivity index (χ4n) is 5.54. The van der Waals surface area contributed by atoms with Gasteiger partial charge in [-0.05, 0) is 63.3 Å². The van der Waals surface area contributed by atoms with E-state index in [1.165, 1.54) is 12.1 Å². The first kappa shape index (κ1) is 30.1. The highest BCUT2D eigenvalue weighted by molar-refractivity contribution is 5.79. The number of carbonyl (C=O) groups excluding carboxylic acids is 1. The molecular weight excluding hydrogens is 477 g/mol. The summed E-state index contributed by atoms with van der Waals surface area (Å²) in [6, 6.07) is 7.11. The van der Waals surface area contributed by atoms with Crippen LogP contribution in [0.3, 0.4) is 0 Å². The number of aryl methyl sites for hydroxylation is 1. The molecule has 1 atom stereocenters. The van der Waals surface area contributed by atoms with Crippen LogP contribution in [-0.2, 0) is 17.8 Å². The van der Waals surface area contributed by atoms with E-state index in [0.717, 1.165) is 87.6 Å². The third-order valence-corrected chi connectivity index (χ3v) is 7.78. The van der Waals surface area contributed by atoms with Crippen molar-refractivity contribution >= 4 is 11.7 Å². The smallest absolute Gasteiger partial charge is 0.225 e. The van der Waals surface area contributed by atoms with Gasteiger partial charge in [0, 0.05) is 50.2 Å². The topological polar surface area (TPSA) is 44.6 Å². The molecular formula is C31H50FN5O. The number of anilines is 1.